The van der Waals surface area contributed by atoms with Crippen molar-refractivity contribution in [1.29, 1.82) is 0 Å². The molecule has 3 aliphatic rings. The van der Waals surface area contributed by atoms with Crippen molar-refractivity contribution in [2.24, 2.45) is 5.41 Å². The molecule has 2 N–H and O–H groups in total. The van der Waals surface area contributed by atoms with Gasteiger partial charge in [-0.3, -0.25) is 14.5 Å². The summed E-state index contributed by atoms with van der Waals surface area (Å²) in [6.07, 6.45) is 0.808. The van der Waals surface area contributed by atoms with E-state index in [0.717, 1.165) is 5.56 Å². The van der Waals surface area contributed by atoms with Crippen molar-refractivity contribution in [1.82, 2.24) is 4.90 Å². The maximum Gasteiger partial charge on any atom is 0.329 e. The number of nitrogens with zero attached hydrogens (tertiary/aromatic N) is 1. The highest BCUT2D eigenvalue weighted by Crippen LogP contribution is 2.66. The molecule has 1 amide bonds. The monoisotopic (exact) mass is 476 g/mol. The van der Waals surface area contributed by atoms with Crippen LogP contribution in [0.25, 0.3) is 0 Å². The Morgan fingerprint density at radius 2 is 1.97 bits per heavy atom. The Bertz CT molecular complexity index is 1240. The Balaban J connectivity index is 1.72. The second-order valence-electron chi connectivity index (χ2n) is 9.92. The number of aromatic hydroxyl groups is 1. The number of para-hydroxylation sites is 1. The van der Waals surface area contributed by atoms with Crippen LogP contribution >= 0.6 is 0 Å². The van der Waals surface area contributed by atoms with Gasteiger partial charge in [-0.05, 0) is 11.6 Å². The number of rotatable bonds is 5. The molecule has 3 heterocycles. The number of cyclic esters (lactones) is 1. The van der Waals surface area contributed by atoms with Crippen LogP contribution in [0.4, 0.5) is 5.69 Å². The van der Waals surface area contributed by atoms with E-state index in [-0.39, 0.29) is 18.6 Å². The molecule has 0 radical (unpaired) electrons. The Labute approximate surface area is 203 Å². The van der Waals surface area contributed by atoms with E-state index in [1.165, 1.54) is 17.9 Å². The number of hydrogen-bond donors (Lipinski definition) is 2. The predicted octanol–water partition coefficient (Wildman–Crippen LogP) is 3.25. The van der Waals surface area contributed by atoms with Crippen LogP contribution < -0.4 is 5.32 Å². The molecule has 2 aromatic rings. The Kier molecular flexibility index (Phi) is 4.98. The molecule has 0 spiro atoms. The van der Waals surface area contributed by atoms with Gasteiger partial charge < -0.3 is 19.9 Å². The van der Waals surface area contributed by atoms with Crippen LogP contribution in [0.2, 0.25) is 0 Å². The van der Waals surface area contributed by atoms with E-state index < -0.39 is 46.7 Å². The zero-order valence-corrected chi connectivity index (χ0v) is 19.9. The molecule has 8 heteroatoms. The van der Waals surface area contributed by atoms with Gasteiger partial charge in [0, 0.05) is 30.7 Å². The molecular formula is C27H28N2O6. The van der Waals surface area contributed by atoms with Crippen molar-refractivity contribution in [3.8, 4) is 5.75 Å². The number of ether oxygens (including phenoxy) is 2. The molecule has 2 fully saturated rings. The Morgan fingerprint density at radius 1 is 1.26 bits per heavy atom. The Morgan fingerprint density at radius 3 is 2.63 bits per heavy atom. The molecule has 4 atom stereocenters. The zero-order valence-electron chi connectivity index (χ0n) is 19.9. The average Bonchev–Trinajstić information content (AvgIpc) is 3.26. The lowest BCUT2D eigenvalue weighted by Crippen LogP contribution is -2.72. The molecule has 0 unspecified atom stereocenters. The number of phenols is 1. The Hall–Kier alpha value is -3.81. The third-order valence-corrected chi connectivity index (χ3v) is 7.59. The van der Waals surface area contributed by atoms with Crippen molar-refractivity contribution in [3.63, 3.8) is 0 Å². The van der Waals surface area contributed by atoms with Gasteiger partial charge in [-0.2, -0.15) is 0 Å². The highest BCUT2D eigenvalue weighted by molar-refractivity contribution is 5.96. The number of phenolic OH excluding ortho intramolecular Hbond substituents is 1. The lowest BCUT2D eigenvalue weighted by atomic mass is 9.68. The quantitative estimate of drug-likeness (QED) is 0.388. The van der Waals surface area contributed by atoms with E-state index in [4.69, 9.17) is 9.47 Å². The van der Waals surface area contributed by atoms with Crippen molar-refractivity contribution in [3.05, 3.63) is 72.3 Å². The topological polar surface area (TPSA) is 105 Å². The third-order valence-electron chi connectivity index (χ3n) is 7.59. The number of amides is 1. The molecule has 0 saturated carbocycles. The summed E-state index contributed by atoms with van der Waals surface area (Å²) < 4.78 is 11.7. The summed E-state index contributed by atoms with van der Waals surface area (Å²) in [6, 6.07) is 13.2. The van der Waals surface area contributed by atoms with Crippen molar-refractivity contribution in [2.75, 3.05) is 5.32 Å². The number of morpholine rings is 1. The lowest BCUT2D eigenvalue weighted by Gasteiger charge is -2.54. The van der Waals surface area contributed by atoms with Gasteiger partial charge in [0.2, 0.25) is 0 Å². The van der Waals surface area contributed by atoms with Gasteiger partial charge >= 0.3 is 11.9 Å². The van der Waals surface area contributed by atoms with E-state index in [1.807, 2.05) is 44.2 Å². The minimum atomic E-state index is -1.47. The maximum absolute atomic E-state index is 14.1. The largest absolute Gasteiger partial charge is 0.506 e. The minimum absolute atomic E-state index is 0.0179. The molecule has 0 aromatic heterocycles. The summed E-state index contributed by atoms with van der Waals surface area (Å²) in [6.45, 7) is 9.00. The number of carbonyl (C=O) groups excluding carboxylic acids is 3. The van der Waals surface area contributed by atoms with E-state index in [1.54, 1.807) is 18.2 Å². The summed E-state index contributed by atoms with van der Waals surface area (Å²) in [5, 5.41) is 14.1. The first kappa shape index (κ1) is 23.0. The van der Waals surface area contributed by atoms with Gasteiger partial charge in [0.05, 0.1) is 5.69 Å². The summed E-state index contributed by atoms with van der Waals surface area (Å²) in [4.78, 5) is 41.4. The van der Waals surface area contributed by atoms with Crippen LogP contribution in [0.5, 0.6) is 5.75 Å². The second-order valence-corrected chi connectivity index (χ2v) is 9.92. The third kappa shape index (κ3) is 2.95. The van der Waals surface area contributed by atoms with Crippen molar-refractivity contribution < 1.29 is 29.0 Å². The molecule has 5 rings (SSSR count). The maximum atomic E-state index is 14.1. The molecule has 3 aliphatic heterocycles. The van der Waals surface area contributed by atoms with Gasteiger partial charge in [0.25, 0.3) is 5.91 Å². The van der Waals surface area contributed by atoms with Gasteiger partial charge in [-0.1, -0.05) is 62.4 Å². The van der Waals surface area contributed by atoms with Crippen molar-refractivity contribution >= 4 is 23.5 Å². The van der Waals surface area contributed by atoms with Crippen LogP contribution in [-0.2, 0) is 35.9 Å². The second kappa shape index (κ2) is 7.60. The minimum Gasteiger partial charge on any atom is -0.506 e. The molecule has 182 valence electrons. The van der Waals surface area contributed by atoms with Crippen LogP contribution in [0.15, 0.2) is 61.2 Å². The van der Waals surface area contributed by atoms with Crippen LogP contribution in [0, 0.1) is 5.41 Å². The normalized spacial score (nSPS) is 28.9. The van der Waals surface area contributed by atoms with Crippen molar-refractivity contribution in [2.45, 2.75) is 57.0 Å². The number of nitrogens with one attached hydrogen (secondary N) is 1. The van der Waals surface area contributed by atoms with E-state index >= 15 is 0 Å². The number of carbonyl (C=O) groups is 3. The first-order valence-electron chi connectivity index (χ1n) is 11.6. The van der Waals surface area contributed by atoms with Gasteiger partial charge in [0.15, 0.2) is 17.4 Å². The highest BCUT2D eigenvalue weighted by Gasteiger charge is 2.78. The molecular weight excluding hydrogens is 448 g/mol. The SMILES string of the molecule is C=CC(C)(C)[C@]12Nc3c(O)cccc3[C@@]1(OC(C)=O)C[C@H]1C(=O)O[C@@H](Cc3ccccc3)C(=O)N12. The first-order chi connectivity index (χ1) is 16.6. The molecule has 0 bridgehead atoms. The van der Waals surface area contributed by atoms with Gasteiger partial charge in [-0.15, -0.1) is 6.58 Å². The fraction of sp³-hybridized carbons (Fsp3) is 0.370. The van der Waals surface area contributed by atoms with E-state index in [0.29, 0.717) is 11.3 Å². The lowest BCUT2D eigenvalue weighted by molar-refractivity contribution is -0.190. The fourth-order valence-corrected chi connectivity index (χ4v) is 6.04. The van der Waals surface area contributed by atoms with Gasteiger partial charge in [-0.25, -0.2) is 4.79 Å². The average molecular weight is 477 g/mol. The zero-order chi connectivity index (χ0) is 25.2. The van der Waals surface area contributed by atoms with Crippen LogP contribution in [0.1, 0.15) is 38.3 Å². The standard InChI is InChI=1S/C27H28N2O6/c1-5-25(3,4)27-26(35-16(2)30,18-12-9-13-20(31)22(18)28-27)15-19-24(33)34-21(23(32)29(19)27)14-17-10-7-6-8-11-17/h5-13,19,21,28,31H,1,14-15H2,2-4H3/t19-,21-,26-,27+/m0/s1. The number of fused-ring (bicyclic) bond motifs is 5. The smallest absolute Gasteiger partial charge is 0.329 e. The fourth-order valence-electron chi connectivity index (χ4n) is 6.04. The summed E-state index contributed by atoms with van der Waals surface area (Å²) in [7, 11) is 0. The first-order valence-corrected chi connectivity index (χ1v) is 11.6. The molecule has 0 aliphatic carbocycles. The van der Waals surface area contributed by atoms with Crippen LogP contribution in [0.3, 0.4) is 0 Å². The summed E-state index contributed by atoms with van der Waals surface area (Å²) >= 11 is 0. The number of anilines is 1. The predicted molar refractivity (Wildman–Crippen MR) is 127 cm³/mol. The number of hydrogen-bond acceptors (Lipinski definition) is 7. The molecule has 8 nitrogen and oxygen atoms in total. The summed E-state index contributed by atoms with van der Waals surface area (Å²) in [5.41, 5.74) is -2.13. The number of esters is 2. The highest BCUT2D eigenvalue weighted by atomic mass is 16.6. The van der Waals surface area contributed by atoms with E-state index in [9.17, 15) is 19.5 Å². The van der Waals surface area contributed by atoms with Gasteiger partial charge in [0.1, 0.15) is 11.8 Å². The summed E-state index contributed by atoms with van der Waals surface area (Å²) in [5.74, 6) is -1.59. The van der Waals surface area contributed by atoms with Crippen LogP contribution in [-0.4, -0.2) is 45.7 Å². The molecule has 2 saturated heterocycles. The molecule has 35 heavy (non-hydrogen) atoms. The molecule has 2 aromatic carbocycles. The number of benzene rings is 2. The van der Waals surface area contributed by atoms with E-state index in [2.05, 4.69) is 11.9 Å².